The Morgan fingerprint density at radius 3 is 2.68 bits per heavy atom. The van der Waals surface area contributed by atoms with E-state index in [1.54, 1.807) is 12.3 Å². The van der Waals surface area contributed by atoms with Gasteiger partial charge in [0.15, 0.2) is 0 Å². The predicted octanol–water partition coefficient (Wildman–Crippen LogP) is 1.82. The zero-order chi connectivity index (χ0) is 13.5. The van der Waals surface area contributed by atoms with Crippen molar-refractivity contribution in [3.63, 3.8) is 0 Å². The molecular formula is C14H21N5. The van der Waals surface area contributed by atoms with Crippen molar-refractivity contribution in [2.24, 2.45) is 0 Å². The third kappa shape index (κ3) is 4.11. The minimum atomic E-state index is 0.496. The van der Waals surface area contributed by atoms with Gasteiger partial charge in [0.05, 0.1) is 11.3 Å². The second-order valence-corrected chi connectivity index (χ2v) is 4.96. The Morgan fingerprint density at radius 1 is 1.32 bits per heavy atom. The van der Waals surface area contributed by atoms with Gasteiger partial charge in [0.2, 0.25) is 0 Å². The van der Waals surface area contributed by atoms with Gasteiger partial charge < -0.3 is 16.0 Å². The maximum atomic E-state index is 8.75. The molecule has 5 heteroatoms. The van der Waals surface area contributed by atoms with Crippen LogP contribution >= 0.6 is 0 Å². The fourth-order valence-corrected chi connectivity index (χ4v) is 2.38. The number of nitrogens with one attached hydrogen (secondary N) is 1. The number of hydrogen-bond acceptors (Lipinski definition) is 5. The first-order chi connectivity index (χ1) is 9.29. The van der Waals surface area contributed by atoms with Crippen LogP contribution in [0.2, 0.25) is 0 Å². The minimum Gasteiger partial charge on any atom is -0.396 e. The molecule has 3 N–H and O–H groups in total. The molecule has 0 radical (unpaired) electrons. The molecule has 1 saturated heterocycles. The van der Waals surface area contributed by atoms with Crippen LogP contribution in [0.4, 0.5) is 11.5 Å². The largest absolute Gasteiger partial charge is 0.396 e. The number of anilines is 2. The maximum Gasteiger partial charge on any atom is 0.149 e. The van der Waals surface area contributed by atoms with Crippen molar-refractivity contribution in [1.29, 1.82) is 5.26 Å². The summed E-state index contributed by atoms with van der Waals surface area (Å²) in [6.07, 6.45) is 6.86. The van der Waals surface area contributed by atoms with E-state index in [9.17, 15) is 0 Å². The van der Waals surface area contributed by atoms with Crippen LogP contribution < -0.4 is 11.1 Å². The van der Waals surface area contributed by atoms with Gasteiger partial charge in [0, 0.05) is 19.3 Å². The minimum absolute atomic E-state index is 0.496. The fraction of sp³-hybridized carbons (Fsp3) is 0.571. The SMILES string of the molecule is N#Cc1cnc(NCCN2CCCCCC2)c(N)c1. The van der Waals surface area contributed by atoms with Gasteiger partial charge in [-0.3, -0.25) is 0 Å². The first-order valence-corrected chi connectivity index (χ1v) is 6.91. The lowest BCUT2D eigenvalue weighted by Gasteiger charge is -2.20. The highest BCUT2D eigenvalue weighted by atomic mass is 15.1. The summed E-state index contributed by atoms with van der Waals surface area (Å²) in [7, 11) is 0. The lowest BCUT2D eigenvalue weighted by atomic mass is 10.2. The average Bonchev–Trinajstić information content (AvgIpc) is 2.69. The van der Waals surface area contributed by atoms with Crippen molar-refractivity contribution < 1.29 is 0 Å². The number of aromatic nitrogens is 1. The van der Waals surface area contributed by atoms with Crippen LogP contribution in [0, 0.1) is 11.3 Å². The smallest absolute Gasteiger partial charge is 0.149 e. The first-order valence-electron chi connectivity index (χ1n) is 6.91. The number of likely N-dealkylation sites (tertiary alicyclic amines) is 1. The molecule has 1 aliphatic rings. The van der Waals surface area contributed by atoms with Crippen LogP contribution in [0.3, 0.4) is 0 Å². The molecule has 1 aliphatic heterocycles. The molecule has 0 spiro atoms. The van der Waals surface area contributed by atoms with E-state index in [4.69, 9.17) is 11.0 Å². The highest BCUT2D eigenvalue weighted by Gasteiger charge is 2.08. The number of rotatable bonds is 4. The molecule has 1 fully saturated rings. The number of nitrogens with two attached hydrogens (primary N) is 1. The molecule has 5 nitrogen and oxygen atoms in total. The van der Waals surface area contributed by atoms with Crippen molar-refractivity contribution in [2.45, 2.75) is 25.7 Å². The maximum absolute atomic E-state index is 8.75. The summed E-state index contributed by atoms with van der Waals surface area (Å²) in [4.78, 5) is 6.66. The number of nitrogens with zero attached hydrogens (tertiary/aromatic N) is 3. The summed E-state index contributed by atoms with van der Waals surface area (Å²) in [5.74, 6) is 0.675. The van der Waals surface area contributed by atoms with Crippen LogP contribution in [-0.2, 0) is 0 Å². The molecule has 0 amide bonds. The zero-order valence-corrected chi connectivity index (χ0v) is 11.2. The van der Waals surface area contributed by atoms with Gasteiger partial charge in [-0.2, -0.15) is 5.26 Å². The van der Waals surface area contributed by atoms with Gasteiger partial charge in [-0.1, -0.05) is 12.8 Å². The normalized spacial score (nSPS) is 16.6. The number of nitrogen functional groups attached to an aromatic ring is 1. The average molecular weight is 259 g/mol. The van der Waals surface area contributed by atoms with E-state index in [-0.39, 0.29) is 0 Å². The third-order valence-electron chi connectivity index (χ3n) is 3.47. The van der Waals surface area contributed by atoms with E-state index in [1.165, 1.54) is 38.8 Å². The first kappa shape index (κ1) is 13.6. The van der Waals surface area contributed by atoms with Crippen molar-refractivity contribution in [3.8, 4) is 6.07 Å². The molecular weight excluding hydrogens is 238 g/mol. The van der Waals surface area contributed by atoms with Gasteiger partial charge in [0.1, 0.15) is 11.9 Å². The third-order valence-corrected chi connectivity index (χ3v) is 3.47. The standard InChI is InChI=1S/C14H21N5/c15-10-12-9-13(16)14(18-11-12)17-5-8-19-6-3-1-2-4-7-19/h9,11H,1-8,16H2,(H,17,18). The van der Waals surface area contributed by atoms with Gasteiger partial charge in [-0.05, 0) is 32.0 Å². The van der Waals surface area contributed by atoms with Crippen LogP contribution in [0.15, 0.2) is 12.3 Å². The van der Waals surface area contributed by atoms with Gasteiger partial charge in [0.25, 0.3) is 0 Å². The van der Waals surface area contributed by atoms with Crippen LogP contribution in [0.1, 0.15) is 31.2 Å². The van der Waals surface area contributed by atoms with E-state index in [2.05, 4.69) is 15.2 Å². The Morgan fingerprint density at radius 2 is 2.05 bits per heavy atom. The van der Waals surface area contributed by atoms with Gasteiger partial charge in [-0.25, -0.2) is 4.98 Å². The zero-order valence-electron chi connectivity index (χ0n) is 11.2. The quantitative estimate of drug-likeness (QED) is 0.862. The van der Waals surface area contributed by atoms with Crippen molar-refractivity contribution >= 4 is 11.5 Å². The van der Waals surface area contributed by atoms with Gasteiger partial charge >= 0.3 is 0 Å². The summed E-state index contributed by atoms with van der Waals surface area (Å²) in [6, 6.07) is 3.69. The molecule has 19 heavy (non-hydrogen) atoms. The van der Waals surface area contributed by atoms with E-state index in [0.717, 1.165) is 13.1 Å². The number of nitriles is 1. The summed E-state index contributed by atoms with van der Waals surface area (Å²) in [6.45, 7) is 4.24. The Bertz CT molecular complexity index is 444. The Balaban J connectivity index is 1.80. The number of hydrogen-bond donors (Lipinski definition) is 2. The van der Waals surface area contributed by atoms with E-state index >= 15 is 0 Å². The van der Waals surface area contributed by atoms with Crippen molar-refractivity contribution in [2.75, 3.05) is 37.2 Å². The van der Waals surface area contributed by atoms with Crippen molar-refractivity contribution in [1.82, 2.24) is 9.88 Å². The molecule has 0 aromatic carbocycles. The summed E-state index contributed by atoms with van der Waals surface area (Å²) >= 11 is 0. The monoisotopic (exact) mass is 259 g/mol. The Kier molecular flexibility index (Phi) is 4.99. The predicted molar refractivity (Wildman–Crippen MR) is 76.8 cm³/mol. The topological polar surface area (TPSA) is 78.0 Å². The highest BCUT2D eigenvalue weighted by Crippen LogP contribution is 2.15. The molecule has 1 aromatic heterocycles. The fourth-order valence-electron chi connectivity index (χ4n) is 2.38. The second kappa shape index (κ2) is 6.95. The highest BCUT2D eigenvalue weighted by molar-refractivity contribution is 5.62. The second-order valence-electron chi connectivity index (χ2n) is 4.96. The van der Waals surface area contributed by atoms with E-state index in [0.29, 0.717) is 17.1 Å². The van der Waals surface area contributed by atoms with Crippen LogP contribution in [0.5, 0.6) is 0 Å². The van der Waals surface area contributed by atoms with E-state index < -0.39 is 0 Å². The summed E-state index contributed by atoms with van der Waals surface area (Å²) in [5.41, 5.74) is 6.88. The lowest BCUT2D eigenvalue weighted by molar-refractivity contribution is 0.296. The molecule has 0 aliphatic carbocycles. The molecule has 2 rings (SSSR count). The lowest BCUT2D eigenvalue weighted by Crippen LogP contribution is -2.30. The summed E-state index contributed by atoms with van der Waals surface area (Å²) in [5, 5.41) is 12.0. The molecule has 0 unspecified atom stereocenters. The number of pyridine rings is 1. The van der Waals surface area contributed by atoms with Crippen molar-refractivity contribution in [3.05, 3.63) is 17.8 Å². The summed E-state index contributed by atoms with van der Waals surface area (Å²) < 4.78 is 0. The molecule has 0 saturated carbocycles. The molecule has 0 bridgehead atoms. The molecule has 102 valence electrons. The molecule has 0 atom stereocenters. The Labute approximate surface area is 114 Å². The molecule has 2 heterocycles. The van der Waals surface area contributed by atoms with Gasteiger partial charge in [-0.15, -0.1) is 0 Å². The molecule has 1 aromatic rings. The Hall–Kier alpha value is -1.80. The van der Waals surface area contributed by atoms with Crippen LogP contribution in [-0.4, -0.2) is 36.1 Å². The van der Waals surface area contributed by atoms with Crippen LogP contribution in [0.25, 0.3) is 0 Å². The van der Waals surface area contributed by atoms with E-state index in [1.807, 2.05) is 6.07 Å².